The summed E-state index contributed by atoms with van der Waals surface area (Å²) < 4.78 is 0. The van der Waals surface area contributed by atoms with Gasteiger partial charge in [-0.1, -0.05) is 0 Å². The van der Waals surface area contributed by atoms with Crippen molar-refractivity contribution >= 4 is 6.03 Å². The molecule has 0 spiro atoms. The summed E-state index contributed by atoms with van der Waals surface area (Å²) in [4.78, 5) is 14.8. The van der Waals surface area contributed by atoms with Crippen molar-refractivity contribution in [3.05, 3.63) is 0 Å². The van der Waals surface area contributed by atoms with E-state index >= 15 is 0 Å². The van der Waals surface area contributed by atoms with Crippen LogP contribution in [0.1, 0.15) is 12.8 Å². The van der Waals surface area contributed by atoms with Crippen molar-refractivity contribution in [3.63, 3.8) is 0 Å². The molecule has 1 heterocycles. The molecule has 0 radical (unpaired) electrons. The van der Waals surface area contributed by atoms with E-state index in [1.54, 1.807) is 23.9 Å². The smallest absolute Gasteiger partial charge is 0.319 e. The van der Waals surface area contributed by atoms with Crippen molar-refractivity contribution < 1.29 is 4.79 Å². The fraction of sp³-hybridized carbons (Fsp3) is 0.889. The molecule has 76 valence electrons. The highest BCUT2D eigenvalue weighted by molar-refractivity contribution is 5.73. The Morgan fingerprint density at radius 3 is 2.46 bits per heavy atom. The lowest BCUT2D eigenvalue weighted by atomic mass is 10.0. The first-order valence-electron chi connectivity index (χ1n) is 4.77. The van der Waals surface area contributed by atoms with Crippen molar-refractivity contribution in [3.8, 4) is 0 Å². The molecule has 0 aliphatic carbocycles. The number of hydrogen-bond acceptors (Lipinski definition) is 2. The minimum Gasteiger partial charge on any atom is -0.331 e. The van der Waals surface area contributed by atoms with Gasteiger partial charge in [0.25, 0.3) is 0 Å². The van der Waals surface area contributed by atoms with Crippen LogP contribution in [0.5, 0.6) is 0 Å². The Balaban J connectivity index is 2.15. The summed E-state index contributed by atoms with van der Waals surface area (Å²) in [5, 5.41) is 3.32. The van der Waals surface area contributed by atoms with Crippen molar-refractivity contribution in [1.82, 2.24) is 15.1 Å². The zero-order chi connectivity index (χ0) is 9.84. The second kappa shape index (κ2) is 4.46. The van der Waals surface area contributed by atoms with Gasteiger partial charge in [-0.25, -0.2) is 4.79 Å². The first kappa shape index (κ1) is 10.3. The summed E-state index contributed by atoms with van der Waals surface area (Å²) in [6, 6.07) is 0.719. The number of urea groups is 1. The molecule has 1 atom stereocenters. The van der Waals surface area contributed by atoms with Gasteiger partial charge in [0, 0.05) is 33.7 Å². The quantitative estimate of drug-likeness (QED) is 0.688. The van der Waals surface area contributed by atoms with Gasteiger partial charge in [0.15, 0.2) is 0 Å². The van der Waals surface area contributed by atoms with Gasteiger partial charge < -0.3 is 15.1 Å². The molecule has 0 saturated carbocycles. The fourth-order valence-electron chi connectivity index (χ4n) is 1.38. The lowest BCUT2D eigenvalue weighted by Gasteiger charge is -2.30. The predicted octanol–water partition coefficient (Wildman–Crippen LogP) is 0.352. The maximum Gasteiger partial charge on any atom is 0.319 e. The van der Waals surface area contributed by atoms with Crippen LogP contribution in [0.25, 0.3) is 0 Å². The van der Waals surface area contributed by atoms with Crippen LogP contribution in [0.2, 0.25) is 0 Å². The first-order chi connectivity index (χ1) is 6.11. The monoisotopic (exact) mass is 185 g/mol. The molecule has 13 heavy (non-hydrogen) atoms. The molecule has 0 bridgehead atoms. The molecule has 0 aromatic heterocycles. The highest BCUT2D eigenvalue weighted by atomic mass is 16.2. The predicted molar refractivity (Wildman–Crippen MR) is 52.7 cm³/mol. The van der Waals surface area contributed by atoms with Gasteiger partial charge in [0.2, 0.25) is 0 Å². The molecule has 1 aliphatic heterocycles. The highest BCUT2D eigenvalue weighted by Crippen LogP contribution is 2.07. The summed E-state index contributed by atoms with van der Waals surface area (Å²) in [6.45, 7) is 1.98. The lowest BCUT2D eigenvalue weighted by Crippen LogP contribution is -2.46. The van der Waals surface area contributed by atoms with Crippen molar-refractivity contribution in [1.29, 1.82) is 0 Å². The molecule has 2 amide bonds. The van der Waals surface area contributed by atoms with Gasteiger partial charge in [-0.3, -0.25) is 0 Å². The van der Waals surface area contributed by atoms with E-state index in [0.29, 0.717) is 6.04 Å². The van der Waals surface area contributed by atoms with Crippen LogP contribution in [-0.4, -0.2) is 56.1 Å². The van der Waals surface area contributed by atoms with E-state index < -0.39 is 0 Å². The summed E-state index contributed by atoms with van der Waals surface area (Å²) in [5.41, 5.74) is 0. The van der Waals surface area contributed by atoms with E-state index in [4.69, 9.17) is 0 Å². The van der Waals surface area contributed by atoms with E-state index in [9.17, 15) is 4.79 Å². The zero-order valence-electron chi connectivity index (χ0n) is 8.71. The molecular weight excluding hydrogens is 166 g/mol. The highest BCUT2D eigenvalue weighted by Gasteiger charge is 2.18. The van der Waals surface area contributed by atoms with Crippen LogP contribution >= 0.6 is 0 Å². The number of nitrogens with one attached hydrogen (secondary N) is 1. The Kier molecular flexibility index (Phi) is 3.54. The molecule has 0 aromatic carbocycles. The molecule has 1 fully saturated rings. The van der Waals surface area contributed by atoms with E-state index in [0.717, 1.165) is 19.5 Å². The standard InChI is InChI=1S/C9H19N3O/c1-11(2)9(13)12(3)7-5-8-4-6-10-8/h8,10H,4-7H2,1-3H3. The third kappa shape index (κ3) is 2.88. The Hall–Kier alpha value is -0.770. The topological polar surface area (TPSA) is 35.6 Å². The average molecular weight is 185 g/mol. The van der Waals surface area contributed by atoms with E-state index in [2.05, 4.69) is 5.32 Å². The lowest BCUT2D eigenvalue weighted by molar-refractivity contribution is 0.177. The van der Waals surface area contributed by atoms with Gasteiger partial charge in [0.05, 0.1) is 0 Å². The van der Waals surface area contributed by atoms with Crippen LogP contribution in [0.15, 0.2) is 0 Å². The Bertz CT molecular complexity index is 178. The molecule has 1 saturated heterocycles. The second-order valence-corrected chi connectivity index (χ2v) is 3.83. The largest absolute Gasteiger partial charge is 0.331 e. The maximum atomic E-state index is 11.4. The number of carbonyl (C=O) groups excluding carboxylic acids is 1. The summed E-state index contributed by atoms with van der Waals surface area (Å²) >= 11 is 0. The molecular formula is C9H19N3O. The van der Waals surface area contributed by atoms with Gasteiger partial charge in [0.1, 0.15) is 0 Å². The average Bonchev–Trinajstić information content (AvgIpc) is 1.99. The minimum absolute atomic E-state index is 0.0827. The van der Waals surface area contributed by atoms with Crippen molar-refractivity contribution in [2.75, 3.05) is 34.2 Å². The maximum absolute atomic E-state index is 11.4. The van der Waals surface area contributed by atoms with Crippen LogP contribution in [0, 0.1) is 0 Å². The number of hydrogen-bond donors (Lipinski definition) is 1. The van der Waals surface area contributed by atoms with Gasteiger partial charge >= 0.3 is 6.03 Å². The fourth-order valence-corrected chi connectivity index (χ4v) is 1.38. The Morgan fingerprint density at radius 1 is 1.46 bits per heavy atom. The van der Waals surface area contributed by atoms with Gasteiger partial charge in [-0.15, -0.1) is 0 Å². The molecule has 4 heteroatoms. The molecule has 1 N–H and O–H groups in total. The van der Waals surface area contributed by atoms with Crippen LogP contribution in [0.3, 0.4) is 0 Å². The van der Waals surface area contributed by atoms with E-state index in [1.807, 2.05) is 7.05 Å². The van der Waals surface area contributed by atoms with Crippen molar-refractivity contribution in [2.24, 2.45) is 0 Å². The molecule has 1 aliphatic rings. The molecule has 0 aromatic rings. The Morgan fingerprint density at radius 2 is 2.08 bits per heavy atom. The second-order valence-electron chi connectivity index (χ2n) is 3.83. The van der Waals surface area contributed by atoms with Gasteiger partial charge in [-0.2, -0.15) is 0 Å². The van der Waals surface area contributed by atoms with E-state index in [1.165, 1.54) is 6.42 Å². The number of nitrogens with zero attached hydrogens (tertiary/aromatic N) is 2. The van der Waals surface area contributed by atoms with Crippen LogP contribution in [-0.2, 0) is 0 Å². The summed E-state index contributed by atoms with van der Waals surface area (Å²) in [5.74, 6) is 0. The van der Waals surface area contributed by atoms with Gasteiger partial charge in [-0.05, 0) is 19.4 Å². The third-order valence-electron chi connectivity index (χ3n) is 2.45. The van der Waals surface area contributed by atoms with Crippen LogP contribution < -0.4 is 5.32 Å². The number of amides is 2. The summed E-state index contributed by atoms with van der Waals surface area (Å²) in [6.07, 6.45) is 2.32. The summed E-state index contributed by atoms with van der Waals surface area (Å²) in [7, 11) is 5.40. The SMILES string of the molecule is CN(C)C(=O)N(C)CCC1CCN1. The number of carbonyl (C=O) groups is 1. The normalized spacial score (nSPS) is 20.7. The molecule has 4 nitrogen and oxygen atoms in total. The zero-order valence-corrected chi connectivity index (χ0v) is 8.71. The van der Waals surface area contributed by atoms with E-state index in [-0.39, 0.29) is 6.03 Å². The van der Waals surface area contributed by atoms with Crippen LogP contribution in [0.4, 0.5) is 4.79 Å². The minimum atomic E-state index is 0.0827. The molecule has 1 unspecified atom stereocenters. The number of rotatable bonds is 3. The Labute approximate surface area is 79.9 Å². The van der Waals surface area contributed by atoms with Crippen molar-refractivity contribution in [2.45, 2.75) is 18.9 Å². The first-order valence-corrected chi connectivity index (χ1v) is 4.77. The molecule has 1 rings (SSSR count). The third-order valence-corrected chi connectivity index (χ3v) is 2.45.